The first-order valence-electron chi connectivity index (χ1n) is 14.7. The van der Waals surface area contributed by atoms with Crippen LogP contribution >= 0.6 is 0 Å². The van der Waals surface area contributed by atoms with Crippen LogP contribution in [-0.2, 0) is 25.4 Å². The standard InChI is InChI=1S/C31H37F5N6O5S/c1-18-21(17-37)23(31(34,35)36)39-24(42-14-9-12-30(32,33)13-15-42)22(18)25(43)38-19-10-8-11-20(16-19)48(7,46)41-26(44)29(5,6)40-27(45)47-28(2,3)4/h8,10-11,16H,9,12-15H2,1-7H3,(H,38,43)(H,40,45)/t48-/m1/s1. The molecule has 1 atom stereocenters. The Kier molecular flexibility index (Phi) is 10.8. The van der Waals surface area contributed by atoms with Gasteiger partial charge in [-0.2, -0.15) is 22.8 Å². The number of alkyl halides is 5. The molecular formula is C31H37F5N6O5S. The van der Waals surface area contributed by atoms with Crippen molar-refractivity contribution in [1.82, 2.24) is 10.3 Å². The van der Waals surface area contributed by atoms with Crippen LogP contribution in [0, 0.1) is 18.3 Å². The maximum absolute atomic E-state index is 14.1. The van der Waals surface area contributed by atoms with Gasteiger partial charge < -0.3 is 20.3 Å². The number of carbonyl (C=O) groups excluding carboxylic acids is 3. The van der Waals surface area contributed by atoms with Gasteiger partial charge in [0.05, 0.1) is 20.9 Å². The second kappa shape index (κ2) is 13.7. The zero-order valence-corrected chi connectivity index (χ0v) is 28.3. The van der Waals surface area contributed by atoms with Crippen LogP contribution in [0.5, 0.6) is 0 Å². The zero-order chi connectivity index (χ0) is 36.5. The Balaban J connectivity index is 2.01. The van der Waals surface area contributed by atoms with E-state index < -0.39 is 92.9 Å². The van der Waals surface area contributed by atoms with Crippen LogP contribution in [0.3, 0.4) is 0 Å². The fourth-order valence-corrected chi connectivity index (χ4v) is 6.07. The predicted molar refractivity (Wildman–Crippen MR) is 167 cm³/mol. The van der Waals surface area contributed by atoms with Gasteiger partial charge in [-0.05, 0) is 71.7 Å². The molecule has 262 valence electrons. The van der Waals surface area contributed by atoms with Crippen molar-refractivity contribution in [3.05, 3.63) is 46.6 Å². The lowest BCUT2D eigenvalue weighted by Gasteiger charge is -2.27. The first kappa shape index (κ1) is 38.1. The Bertz CT molecular complexity index is 1770. The molecule has 17 heteroatoms. The molecule has 1 aliphatic rings. The molecule has 2 N–H and O–H groups in total. The van der Waals surface area contributed by atoms with E-state index in [0.717, 1.165) is 13.2 Å². The van der Waals surface area contributed by atoms with Crippen LogP contribution in [-0.4, -0.2) is 63.5 Å². The summed E-state index contributed by atoms with van der Waals surface area (Å²) in [5.41, 5.74) is -5.72. The Morgan fingerprint density at radius 1 is 1.10 bits per heavy atom. The second-order valence-corrected chi connectivity index (χ2v) is 15.2. The fraction of sp³-hybridized carbons (Fsp3) is 0.516. The van der Waals surface area contributed by atoms with E-state index >= 15 is 0 Å². The number of hydrogen-bond donors (Lipinski definition) is 2. The number of halogens is 5. The number of nitrogens with one attached hydrogen (secondary N) is 2. The molecule has 2 heterocycles. The number of nitrogens with zero attached hydrogens (tertiary/aromatic N) is 4. The van der Waals surface area contributed by atoms with Crippen molar-refractivity contribution in [2.24, 2.45) is 4.36 Å². The van der Waals surface area contributed by atoms with E-state index in [-0.39, 0.29) is 29.1 Å². The van der Waals surface area contributed by atoms with Gasteiger partial charge >= 0.3 is 12.3 Å². The Morgan fingerprint density at radius 3 is 2.33 bits per heavy atom. The summed E-state index contributed by atoms with van der Waals surface area (Å²) in [7, 11) is -3.50. The Morgan fingerprint density at radius 2 is 1.75 bits per heavy atom. The molecule has 0 saturated carbocycles. The number of alkyl carbamates (subject to hydrolysis) is 1. The smallest absolute Gasteiger partial charge is 0.434 e. The minimum atomic E-state index is -5.08. The van der Waals surface area contributed by atoms with E-state index in [0.29, 0.717) is 0 Å². The van der Waals surface area contributed by atoms with E-state index in [4.69, 9.17) is 4.74 Å². The number of benzene rings is 1. The van der Waals surface area contributed by atoms with Crippen molar-refractivity contribution in [2.75, 3.05) is 29.6 Å². The van der Waals surface area contributed by atoms with Crippen molar-refractivity contribution in [1.29, 1.82) is 5.26 Å². The number of rotatable bonds is 6. The third-order valence-electron chi connectivity index (χ3n) is 7.19. The minimum absolute atomic E-state index is 0.00739. The van der Waals surface area contributed by atoms with Gasteiger partial charge in [0.1, 0.15) is 23.0 Å². The van der Waals surface area contributed by atoms with Gasteiger partial charge in [0.15, 0.2) is 5.69 Å². The quantitative estimate of drug-likeness (QED) is 0.326. The van der Waals surface area contributed by atoms with Gasteiger partial charge in [-0.25, -0.2) is 22.8 Å². The average Bonchev–Trinajstić information content (AvgIpc) is 3.10. The molecule has 3 rings (SSSR count). The summed E-state index contributed by atoms with van der Waals surface area (Å²) in [5, 5.41) is 14.5. The average molecular weight is 701 g/mol. The Hall–Kier alpha value is -4.33. The molecular weight excluding hydrogens is 663 g/mol. The van der Waals surface area contributed by atoms with E-state index in [1.54, 1.807) is 20.8 Å². The van der Waals surface area contributed by atoms with Crippen LogP contribution in [0.4, 0.5) is 38.3 Å². The summed E-state index contributed by atoms with van der Waals surface area (Å²) in [6.45, 7) is 8.19. The molecule has 11 nitrogen and oxygen atoms in total. The number of nitriles is 1. The first-order chi connectivity index (χ1) is 21.9. The number of hydrogen-bond acceptors (Lipinski definition) is 8. The highest BCUT2D eigenvalue weighted by molar-refractivity contribution is 7.93. The third kappa shape index (κ3) is 9.39. The highest BCUT2D eigenvalue weighted by Gasteiger charge is 2.41. The molecule has 1 aliphatic heterocycles. The summed E-state index contributed by atoms with van der Waals surface area (Å²) in [6, 6.07) is 6.80. The van der Waals surface area contributed by atoms with Crippen LogP contribution in [0.25, 0.3) is 0 Å². The second-order valence-electron chi connectivity index (χ2n) is 12.9. The maximum Gasteiger partial charge on any atom is 0.434 e. The van der Waals surface area contributed by atoms with Crippen LogP contribution < -0.4 is 15.5 Å². The molecule has 0 bridgehead atoms. The molecule has 0 unspecified atom stereocenters. The number of amides is 3. The SMILES string of the molecule is Cc1c(C#N)c(C(F)(F)F)nc(N2CCCC(F)(F)CC2)c1C(=O)Nc1cccc([S@@](C)(=O)=NC(=O)C(C)(C)NC(=O)OC(C)(C)C)c1. The first-order valence-corrected chi connectivity index (χ1v) is 16.6. The largest absolute Gasteiger partial charge is 0.444 e. The van der Waals surface area contributed by atoms with Crippen molar-refractivity contribution in [3.63, 3.8) is 0 Å². The molecule has 0 radical (unpaired) electrons. The molecule has 0 spiro atoms. The van der Waals surface area contributed by atoms with Crippen molar-refractivity contribution in [2.45, 2.75) is 88.9 Å². The van der Waals surface area contributed by atoms with Gasteiger partial charge in [0, 0.05) is 42.8 Å². The van der Waals surface area contributed by atoms with E-state index in [1.807, 2.05) is 0 Å². The van der Waals surface area contributed by atoms with Crippen molar-refractivity contribution in [3.8, 4) is 6.07 Å². The number of carbonyl (C=O) groups is 3. The molecule has 1 fully saturated rings. The van der Waals surface area contributed by atoms with Gasteiger partial charge in [0.25, 0.3) is 11.8 Å². The molecule has 2 aromatic rings. The molecule has 0 aliphatic carbocycles. The lowest BCUT2D eigenvalue weighted by molar-refractivity contribution is -0.141. The van der Waals surface area contributed by atoms with Gasteiger partial charge in [-0.1, -0.05) is 6.07 Å². The van der Waals surface area contributed by atoms with Gasteiger partial charge in [-0.15, -0.1) is 0 Å². The highest BCUT2D eigenvalue weighted by atomic mass is 32.2. The van der Waals surface area contributed by atoms with Crippen molar-refractivity contribution < 1.29 is 45.3 Å². The summed E-state index contributed by atoms with van der Waals surface area (Å²) >= 11 is 0. The molecule has 1 saturated heterocycles. The molecule has 1 aromatic carbocycles. The summed E-state index contributed by atoms with van der Waals surface area (Å²) in [5.74, 6) is -5.53. The highest BCUT2D eigenvalue weighted by Crippen LogP contribution is 2.38. The van der Waals surface area contributed by atoms with Gasteiger partial charge in [-0.3, -0.25) is 9.59 Å². The van der Waals surface area contributed by atoms with E-state index in [9.17, 15) is 45.8 Å². The van der Waals surface area contributed by atoms with Crippen LogP contribution in [0.1, 0.15) is 81.1 Å². The summed E-state index contributed by atoms with van der Waals surface area (Å²) in [6.07, 6.45) is -6.10. The number of pyridine rings is 1. The molecule has 1 aromatic heterocycles. The van der Waals surface area contributed by atoms with Crippen LogP contribution in [0.15, 0.2) is 33.5 Å². The Labute approximate surface area is 275 Å². The van der Waals surface area contributed by atoms with E-state index in [1.165, 1.54) is 49.1 Å². The lowest BCUT2D eigenvalue weighted by atomic mass is 10.00. The maximum atomic E-state index is 14.1. The number of aromatic nitrogens is 1. The predicted octanol–water partition coefficient (Wildman–Crippen LogP) is 6.45. The minimum Gasteiger partial charge on any atom is -0.444 e. The molecule has 3 amide bonds. The summed E-state index contributed by atoms with van der Waals surface area (Å²) < 4.78 is 92.7. The normalized spacial score (nSPS) is 16.5. The fourth-order valence-electron chi connectivity index (χ4n) is 4.75. The topological polar surface area (TPSA) is 154 Å². The molecule has 48 heavy (non-hydrogen) atoms. The van der Waals surface area contributed by atoms with E-state index in [2.05, 4.69) is 20.0 Å². The zero-order valence-electron chi connectivity index (χ0n) is 27.5. The lowest BCUT2D eigenvalue weighted by Crippen LogP contribution is -2.50. The van der Waals surface area contributed by atoms with Crippen LogP contribution in [0.2, 0.25) is 0 Å². The summed E-state index contributed by atoms with van der Waals surface area (Å²) in [4.78, 5) is 43.7. The number of anilines is 2. The monoisotopic (exact) mass is 700 g/mol. The number of ether oxygens (including phenoxy) is 1. The third-order valence-corrected chi connectivity index (χ3v) is 8.83. The van der Waals surface area contributed by atoms with Gasteiger partial charge in [0.2, 0.25) is 5.92 Å². The van der Waals surface area contributed by atoms with Crippen molar-refractivity contribution >= 4 is 39.1 Å².